The first-order valence-electron chi connectivity index (χ1n) is 12.2. The molecular formula is C29H31Cl2FN2O2S. The Morgan fingerprint density at radius 3 is 2.38 bits per heavy atom. The van der Waals surface area contributed by atoms with Gasteiger partial charge >= 0.3 is 0 Å². The van der Waals surface area contributed by atoms with Gasteiger partial charge in [-0.25, -0.2) is 4.39 Å². The molecule has 0 aliphatic rings. The van der Waals surface area contributed by atoms with Crippen molar-refractivity contribution < 1.29 is 14.0 Å². The molecule has 1 N–H and O–H groups in total. The molecule has 3 aromatic carbocycles. The molecule has 0 saturated heterocycles. The first-order chi connectivity index (χ1) is 17.8. The molecule has 0 spiro atoms. The first-order valence-corrected chi connectivity index (χ1v) is 14.1. The summed E-state index contributed by atoms with van der Waals surface area (Å²) in [5, 5.41) is 4.09. The molecule has 0 saturated carbocycles. The zero-order valence-electron chi connectivity index (χ0n) is 20.9. The summed E-state index contributed by atoms with van der Waals surface area (Å²) >= 11 is 13.7. The van der Waals surface area contributed by atoms with Gasteiger partial charge in [0.2, 0.25) is 11.8 Å². The predicted octanol–water partition coefficient (Wildman–Crippen LogP) is 6.92. The van der Waals surface area contributed by atoms with E-state index in [2.05, 4.69) is 5.32 Å². The molecule has 0 unspecified atom stereocenters. The minimum absolute atomic E-state index is 0.0147. The Morgan fingerprint density at radius 2 is 1.70 bits per heavy atom. The number of benzene rings is 3. The van der Waals surface area contributed by atoms with E-state index in [0.717, 1.165) is 17.5 Å². The molecule has 0 aromatic heterocycles. The lowest BCUT2D eigenvalue weighted by atomic mass is 10.0. The standard InChI is InChI=1S/C29H31Cl2FN2O2S/c1-3-20(2)33-29(36)27(15-21-9-5-4-6-10-21)34(17-22-11-7-8-12-26(22)32)28(35)19-37-18-23-13-14-24(30)16-25(23)31/h4-14,16,20,27H,3,15,17-19H2,1-2H3,(H,33,36)/t20-,27+/m0/s1. The van der Waals surface area contributed by atoms with Crippen LogP contribution >= 0.6 is 35.0 Å². The Balaban J connectivity index is 1.87. The molecule has 0 heterocycles. The van der Waals surface area contributed by atoms with Crippen LogP contribution < -0.4 is 5.32 Å². The van der Waals surface area contributed by atoms with Crippen molar-refractivity contribution in [1.82, 2.24) is 10.2 Å². The molecule has 0 aliphatic carbocycles. The third kappa shape index (κ3) is 8.77. The zero-order valence-corrected chi connectivity index (χ0v) is 23.3. The smallest absolute Gasteiger partial charge is 0.243 e. The second-order valence-corrected chi connectivity index (χ2v) is 10.7. The molecule has 0 fully saturated rings. The van der Waals surface area contributed by atoms with Crippen LogP contribution in [0.3, 0.4) is 0 Å². The van der Waals surface area contributed by atoms with Crippen LogP contribution in [0.1, 0.15) is 37.0 Å². The van der Waals surface area contributed by atoms with Crippen LogP contribution in [0.15, 0.2) is 72.8 Å². The molecule has 0 aliphatic heterocycles. The number of hydrogen-bond donors (Lipinski definition) is 1. The number of amides is 2. The summed E-state index contributed by atoms with van der Waals surface area (Å²) in [7, 11) is 0. The maximum atomic E-state index is 14.7. The molecule has 37 heavy (non-hydrogen) atoms. The number of nitrogens with zero attached hydrogens (tertiary/aromatic N) is 1. The molecule has 3 rings (SSSR count). The topological polar surface area (TPSA) is 49.4 Å². The van der Waals surface area contributed by atoms with E-state index < -0.39 is 11.9 Å². The third-order valence-corrected chi connectivity index (χ3v) is 7.62. The largest absolute Gasteiger partial charge is 0.352 e. The first kappa shape index (κ1) is 29.0. The number of rotatable bonds is 12. The Labute approximate surface area is 232 Å². The molecule has 196 valence electrons. The van der Waals surface area contributed by atoms with E-state index >= 15 is 0 Å². The Kier molecular flexibility index (Phi) is 11.3. The van der Waals surface area contributed by atoms with Crippen molar-refractivity contribution in [3.63, 3.8) is 0 Å². The van der Waals surface area contributed by atoms with Gasteiger partial charge in [0, 0.05) is 40.4 Å². The van der Waals surface area contributed by atoms with Crippen molar-refractivity contribution in [2.24, 2.45) is 0 Å². The molecule has 8 heteroatoms. The van der Waals surface area contributed by atoms with E-state index in [1.807, 2.05) is 50.2 Å². The van der Waals surface area contributed by atoms with Gasteiger partial charge in [0.1, 0.15) is 11.9 Å². The molecule has 2 atom stereocenters. The van der Waals surface area contributed by atoms with Crippen molar-refractivity contribution in [1.29, 1.82) is 0 Å². The fourth-order valence-electron chi connectivity index (χ4n) is 3.78. The highest BCUT2D eigenvalue weighted by Gasteiger charge is 2.31. The van der Waals surface area contributed by atoms with Gasteiger partial charge in [-0.2, -0.15) is 0 Å². The molecule has 0 radical (unpaired) electrons. The summed E-state index contributed by atoms with van der Waals surface area (Å²) in [5.74, 6) is -0.318. The van der Waals surface area contributed by atoms with Crippen LogP contribution in [0, 0.1) is 5.82 Å². The quantitative estimate of drug-likeness (QED) is 0.261. The highest BCUT2D eigenvalue weighted by molar-refractivity contribution is 7.99. The summed E-state index contributed by atoms with van der Waals surface area (Å²) in [5.41, 5.74) is 2.13. The second kappa shape index (κ2) is 14.4. The maximum absolute atomic E-state index is 14.7. The van der Waals surface area contributed by atoms with E-state index in [4.69, 9.17) is 23.2 Å². The lowest BCUT2D eigenvalue weighted by Crippen LogP contribution is -2.52. The lowest BCUT2D eigenvalue weighted by molar-refractivity contribution is -0.139. The molecule has 3 aromatic rings. The third-order valence-electron chi connectivity index (χ3n) is 6.07. The van der Waals surface area contributed by atoms with Crippen LogP contribution in [-0.2, 0) is 28.3 Å². The van der Waals surface area contributed by atoms with Gasteiger partial charge in [-0.05, 0) is 42.7 Å². The Morgan fingerprint density at radius 1 is 1.00 bits per heavy atom. The predicted molar refractivity (Wildman–Crippen MR) is 151 cm³/mol. The van der Waals surface area contributed by atoms with Crippen LogP contribution in [0.2, 0.25) is 10.0 Å². The van der Waals surface area contributed by atoms with E-state index in [1.54, 1.807) is 30.3 Å². The van der Waals surface area contributed by atoms with Gasteiger partial charge in [-0.1, -0.05) is 84.7 Å². The summed E-state index contributed by atoms with van der Waals surface area (Å²) < 4.78 is 14.7. The van der Waals surface area contributed by atoms with Gasteiger partial charge in [0.05, 0.1) is 5.75 Å². The molecule has 4 nitrogen and oxygen atoms in total. The van der Waals surface area contributed by atoms with E-state index in [1.165, 1.54) is 22.7 Å². The Hall–Kier alpha value is -2.54. The molecule has 0 bridgehead atoms. The van der Waals surface area contributed by atoms with Crippen molar-refractivity contribution in [2.75, 3.05) is 5.75 Å². The van der Waals surface area contributed by atoms with Gasteiger partial charge in [-0.15, -0.1) is 11.8 Å². The monoisotopic (exact) mass is 560 g/mol. The van der Waals surface area contributed by atoms with Crippen LogP contribution in [0.5, 0.6) is 0 Å². The Bertz CT molecular complexity index is 1200. The van der Waals surface area contributed by atoms with Crippen LogP contribution in [-0.4, -0.2) is 34.6 Å². The number of halogens is 3. The highest BCUT2D eigenvalue weighted by Crippen LogP contribution is 2.25. The highest BCUT2D eigenvalue weighted by atomic mass is 35.5. The average Bonchev–Trinajstić information content (AvgIpc) is 2.88. The number of carbonyl (C=O) groups is 2. The summed E-state index contributed by atoms with van der Waals surface area (Å²) in [6.45, 7) is 3.89. The summed E-state index contributed by atoms with van der Waals surface area (Å²) in [6, 6.07) is 20.3. The van der Waals surface area contributed by atoms with Gasteiger partial charge < -0.3 is 10.2 Å². The normalized spacial score (nSPS) is 12.6. The number of thioether (sulfide) groups is 1. The molecule has 2 amide bonds. The second-order valence-electron chi connectivity index (χ2n) is 8.86. The van der Waals surface area contributed by atoms with Crippen molar-refractivity contribution in [2.45, 2.75) is 51.1 Å². The average molecular weight is 562 g/mol. The minimum Gasteiger partial charge on any atom is -0.352 e. The van der Waals surface area contributed by atoms with Gasteiger partial charge in [0.25, 0.3) is 0 Å². The lowest BCUT2D eigenvalue weighted by Gasteiger charge is -2.32. The van der Waals surface area contributed by atoms with E-state index in [0.29, 0.717) is 27.8 Å². The van der Waals surface area contributed by atoms with Crippen LogP contribution in [0.25, 0.3) is 0 Å². The number of hydrogen-bond acceptors (Lipinski definition) is 3. The summed E-state index contributed by atoms with van der Waals surface area (Å²) in [6.07, 6.45) is 1.07. The number of nitrogens with one attached hydrogen (secondary N) is 1. The van der Waals surface area contributed by atoms with Crippen molar-refractivity contribution in [3.05, 3.63) is 105 Å². The molecular weight excluding hydrogens is 530 g/mol. The van der Waals surface area contributed by atoms with E-state index in [9.17, 15) is 14.0 Å². The fraction of sp³-hybridized carbons (Fsp3) is 0.310. The van der Waals surface area contributed by atoms with Crippen molar-refractivity contribution >= 4 is 46.8 Å². The van der Waals surface area contributed by atoms with Crippen LogP contribution in [0.4, 0.5) is 4.39 Å². The SMILES string of the molecule is CC[C@H](C)NC(=O)[C@@H](Cc1ccccc1)N(Cc1ccccc1F)C(=O)CSCc1ccc(Cl)cc1Cl. The van der Waals surface area contributed by atoms with Crippen molar-refractivity contribution in [3.8, 4) is 0 Å². The van der Waals surface area contributed by atoms with Gasteiger partial charge in [0.15, 0.2) is 0 Å². The zero-order chi connectivity index (χ0) is 26.8. The van der Waals surface area contributed by atoms with E-state index in [-0.39, 0.29) is 30.2 Å². The number of carbonyl (C=O) groups excluding carboxylic acids is 2. The minimum atomic E-state index is -0.803. The fourth-order valence-corrected chi connectivity index (χ4v) is 5.24. The van der Waals surface area contributed by atoms with Gasteiger partial charge in [-0.3, -0.25) is 9.59 Å². The maximum Gasteiger partial charge on any atom is 0.243 e. The summed E-state index contributed by atoms with van der Waals surface area (Å²) in [4.78, 5) is 28.6.